The Morgan fingerprint density at radius 2 is 1.77 bits per heavy atom. The van der Waals surface area contributed by atoms with E-state index < -0.39 is 0 Å². The zero-order valence-corrected chi connectivity index (χ0v) is 18.1. The zero-order valence-electron chi connectivity index (χ0n) is 18.1. The molecule has 0 atom stereocenters. The minimum atomic E-state index is 0.731. The fourth-order valence-corrected chi connectivity index (χ4v) is 4.20. The van der Waals surface area contributed by atoms with E-state index in [0.717, 1.165) is 99.6 Å². The maximum absolute atomic E-state index is 5.55. The van der Waals surface area contributed by atoms with Gasteiger partial charge in [0.05, 0.1) is 26.4 Å². The Balaban J connectivity index is 1.46. The molecule has 0 saturated carbocycles. The molecule has 2 aliphatic rings. The van der Waals surface area contributed by atoms with Gasteiger partial charge in [-0.2, -0.15) is 0 Å². The molecule has 8 heteroatoms. The molecule has 164 valence electrons. The number of nitrogens with one attached hydrogen (secondary N) is 1. The highest BCUT2D eigenvalue weighted by Gasteiger charge is 2.19. The smallest absolute Gasteiger partial charge is 0.164 e. The molecule has 3 aromatic rings. The van der Waals surface area contributed by atoms with Crippen molar-refractivity contribution >= 4 is 22.5 Å². The van der Waals surface area contributed by atoms with Crippen molar-refractivity contribution in [2.45, 2.75) is 0 Å². The molecular weight excluding hydrogens is 392 g/mol. The zero-order chi connectivity index (χ0) is 21.0. The van der Waals surface area contributed by atoms with E-state index in [1.807, 2.05) is 6.20 Å². The van der Waals surface area contributed by atoms with E-state index in [9.17, 15) is 0 Å². The van der Waals surface area contributed by atoms with Crippen LogP contribution >= 0.6 is 0 Å². The average molecular weight is 423 g/mol. The van der Waals surface area contributed by atoms with Gasteiger partial charge in [0.1, 0.15) is 11.6 Å². The lowest BCUT2D eigenvalue weighted by Crippen LogP contribution is -2.41. The molecule has 2 fully saturated rings. The Hall–Kier alpha value is -2.68. The second-order valence-corrected chi connectivity index (χ2v) is 8.13. The standard InChI is InChI=1S/C23H30N6O2/c1-27(7-8-28-9-13-30-14-10-28)21-17-22(29-11-15-31-16-12-29)26-23(25-21)19-3-2-4-20-18(19)5-6-24-20/h2-6,17,24H,7-16H2,1H3. The predicted octanol–water partition coefficient (Wildman–Crippen LogP) is 2.23. The second kappa shape index (κ2) is 9.21. The third-order valence-corrected chi connectivity index (χ3v) is 6.12. The number of ether oxygens (including phenoxy) is 2. The number of hydrogen-bond acceptors (Lipinski definition) is 7. The lowest BCUT2D eigenvalue weighted by molar-refractivity contribution is 0.0393. The molecule has 31 heavy (non-hydrogen) atoms. The fourth-order valence-electron chi connectivity index (χ4n) is 4.20. The minimum Gasteiger partial charge on any atom is -0.379 e. The molecule has 0 spiro atoms. The Labute approximate surface area is 182 Å². The Bertz CT molecular complexity index is 1010. The number of aromatic nitrogens is 3. The number of aromatic amines is 1. The van der Waals surface area contributed by atoms with Crippen LogP contribution in [0.25, 0.3) is 22.3 Å². The first kappa shape index (κ1) is 20.2. The number of likely N-dealkylation sites (N-methyl/N-ethyl adjacent to an activating group) is 1. The van der Waals surface area contributed by atoms with Crippen molar-refractivity contribution in [2.75, 3.05) is 82.5 Å². The molecule has 0 aliphatic carbocycles. The largest absolute Gasteiger partial charge is 0.379 e. The van der Waals surface area contributed by atoms with Crippen molar-refractivity contribution in [1.29, 1.82) is 0 Å². The maximum atomic E-state index is 5.55. The third-order valence-electron chi connectivity index (χ3n) is 6.12. The summed E-state index contributed by atoms with van der Waals surface area (Å²) in [4.78, 5) is 20.3. The van der Waals surface area contributed by atoms with E-state index in [1.54, 1.807) is 0 Å². The van der Waals surface area contributed by atoms with Crippen molar-refractivity contribution in [3.63, 3.8) is 0 Å². The Kier molecular flexibility index (Phi) is 6.01. The van der Waals surface area contributed by atoms with Gasteiger partial charge in [-0.1, -0.05) is 12.1 Å². The van der Waals surface area contributed by atoms with E-state index in [1.165, 1.54) is 0 Å². The van der Waals surface area contributed by atoms with Gasteiger partial charge >= 0.3 is 0 Å². The van der Waals surface area contributed by atoms with Crippen molar-refractivity contribution < 1.29 is 9.47 Å². The summed E-state index contributed by atoms with van der Waals surface area (Å²) in [7, 11) is 2.12. The quantitative estimate of drug-likeness (QED) is 0.653. The molecule has 0 radical (unpaired) electrons. The van der Waals surface area contributed by atoms with E-state index in [2.05, 4.69) is 57.1 Å². The highest BCUT2D eigenvalue weighted by molar-refractivity contribution is 5.93. The topological polar surface area (TPSA) is 69.8 Å². The SMILES string of the molecule is CN(CCN1CCOCC1)c1cc(N2CCOCC2)nc(-c2cccc3[nH]ccc23)n1. The van der Waals surface area contributed by atoms with Crippen molar-refractivity contribution in [3.8, 4) is 11.4 Å². The van der Waals surface area contributed by atoms with Crippen LogP contribution in [0.3, 0.4) is 0 Å². The van der Waals surface area contributed by atoms with Crippen LogP contribution in [0.15, 0.2) is 36.5 Å². The number of morpholine rings is 2. The lowest BCUT2D eigenvalue weighted by Gasteiger charge is -2.30. The molecule has 0 amide bonds. The van der Waals surface area contributed by atoms with E-state index >= 15 is 0 Å². The Morgan fingerprint density at radius 1 is 1.00 bits per heavy atom. The third kappa shape index (κ3) is 4.51. The second-order valence-electron chi connectivity index (χ2n) is 8.13. The monoisotopic (exact) mass is 422 g/mol. The first-order valence-electron chi connectivity index (χ1n) is 11.1. The van der Waals surface area contributed by atoms with Gasteiger partial charge < -0.3 is 24.3 Å². The molecule has 4 heterocycles. The summed E-state index contributed by atoms with van der Waals surface area (Å²) >= 11 is 0. The van der Waals surface area contributed by atoms with E-state index in [-0.39, 0.29) is 0 Å². The normalized spacial score (nSPS) is 17.9. The van der Waals surface area contributed by atoms with Crippen LogP contribution in [0.1, 0.15) is 0 Å². The first-order chi connectivity index (χ1) is 15.3. The number of benzene rings is 1. The lowest BCUT2D eigenvalue weighted by atomic mass is 10.1. The molecule has 5 rings (SSSR count). The summed E-state index contributed by atoms with van der Waals surface area (Å²) in [5, 5.41) is 1.14. The highest BCUT2D eigenvalue weighted by atomic mass is 16.5. The van der Waals surface area contributed by atoms with Gasteiger partial charge in [-0.15, -0.1) is 0 Å². The van der Waals surface area contributed by atoms with Gasteiger partial charge in [0.15, 0.2) is 5.82 Å². The maximum Gasteiger partial charge on any atom is 0.164 e. The molecule has 2 aliphatic heterocycles. The number of rotatable bonds is 6. The van der Waals surface area contributed by atoms with Crippen molar-refractivity contribution in [1.82, 2.24) is 19.9 Å². The molecule has 8 nitrogen and oxygen atoms in total. The summed E-state index contributed by atoms with van der Waals surface area (Å²) in [5.74, 6) is 2.68. The molecule has 2 saturated heterocycles. The summed E-state index contributed by atoms with van der Waals surface area (Å²) in [6, 6.07) is 10.5. The van der Waals surface area contributed by atoms with Crippen LogP contribution in [-0.4, -0.2) is 92.6 Å². The van der Waals surface area contributed by atoms with Gasteiger partial charge in [0, 0.05) is 75.0 Å². The number of H-pyrrole nitrogens is 1. The van der Waals surface area contributed by atoms with Crippen LogP contribution in [0.5, 0.6) is 0 Å². The van der Waals surface area contributed by atoms with Crippen molar-refractivity contribution in [3.05, 3.63) is 36.5 Å². The van der Waals surface area contributed by atoms with Crippen molar-refractivity contribution in [2.24, 2.45) is 0 Å². The van der Waals surface area contributed by atoms with Gasteiger partial charge in [-0.3, -0.25) is 4.90 Å². The van der Waals surface area contributed by atoms with Crippen LogP contribution < -0.4 is 9.80 Å². The fraction of sp³-hybridized carbons (Fsp3) is 0.478. The summed E-state index contributed by atoms with van der Waals surface area (Å²) < 4.78 is 11.0. The summed E-state index contributed by atoms with van der Waals surface area (Å²) in [5.41, 5.74) is 2.15. The van der Waals surface area contributed by atoms with E-state index in [0.29, 0.717) is 0 Å². The highest BCUT2D eigenvalue weighted by Crippen LogP contribution is 2.29. The van der Waals surface area contributed by atoms with Crippen LogP contribution in [0.2, 0.25) is 0 Å². The predicted molar refractivity (Wildman–Crippen MR) is 123 cm³/mol. The van der Waals surface area contributed by atoms with Gasteiger partial charge in [0.2, 0.25) is 0 Å². The number of hydrogen-bond donors (Lipinski definition) is 1. The number of nitrogens with zero attached hydrogens (tertiary/aromatic N) is 5. The van der Waals surface area contributed by atoms with Gasteiger partial charge in [0.25, 0.3) is 0 Å². The molecular formula is C23H30N6O2. The molecule has 1 N–H and O–H groups in total. The molecule has 0 unspecified atom stereocenters. The Morgan fingerprint density at radius 3 is 2.58 bits per heavy atom. The number of anilines is 2. The van der Waals surface area contributed by atoms with Gasteiger partial charge in [-0.25, -0.2) is 9.97 Å². The van der Waals surface area contributed by atoms with E-state index in [4.69, 9.17) is 19.4 Å². The summed E-state index contributed by atoms with van der Waals surface area (Å²) in [6.45, 7) is 8.71. The van der Waals surface area contributed by atoms with Crippen LogP contribution in [0, 0.1) is 0 Å². The summed E-state index contributed by atoms with van der Waals surface area (Å²) in [6.07, 6.45) is 1.97. The molecule has 1 aromatic carbocycles. The first-order valence-corrected chi connectivity index (χ1v) is 11.1. The molecule has 0 bridgehead atoms. The number of fused-ring (bicyclic) bond motifs is 1. The van der Waals surface area contributed by atoms with Crippen LogP contribution in [-0.2, 0) is 9.47 Å². The van der Waals surface area contributed by atoms with Gasteiger partial charge in [-0.05, 0) is 12.1 Å². The minimum absolute atomic E-state index is 0.731. The average Bonchev–Trinajstić information content (AvgIpc) is 3.32. The molecule has 2 aromatic heterocycles. The van der Waals surface area contributed by atoms with Crippen LogP contribution in [0.4, 0.5) is 11.6 Å².